The highest BCUT2D eigenvalue weighted by atomic mass is 18.2. The molecule has 21 heteroatoms. The molecule has 0 saturated carbocycles. The summed E-state index contributed by atoms with van der Waals surface area (Å²) in [6.07, 6.45) is 3.12. The van der Waals surface area contributed by atoms with Crippen LogP contribution in [0.2, 0.25) is 0 Å². The van der Waals surface area contributed by atoms with Gasteiger partial charge in [0.1, 0.15) is 37.8 Å². The monoisotopic (exact) mass is 880 g/mol. The minimum atomic E-state index is -1.18. The molecule has 20 nitrogen and oxygen atoms in total. The lowest BCUT2D eigenvalue weighted by molar-refractivity contribution is -0.140. The summed E-state index contributed by atoms with van der Waals surface area (Å²) in [6, 6.07) is 3.96. The average molecular weight is 881 g/mol. The lowest BCUT2D eigenvalue weighted by Crippen LogP contribution is -2.49. The van der Waals surface area contributed by atoms with E-state index in [9.17, 15) is 47.9 Å². The molecule has 1 saturated heterocycles. The van der Waals surface area contributed by atoms with Gasteiger partial charge >= 0.3 is 12.0 Å². The van der Waals surface area contributed by atoms with Crippen LogP contribution in [0.15, 0.2) is 24.3 Å². The molecule has 0 aliphatic carbocycles. The van der Waals surface area contributed by atoms with E-state index in [0.29, 0.717) is 123 Å². The second-order valence-corrected chi connectivity index (χ2v) is 14.9. The van der Waals surface area contributed by atoms with Gasteiger partial charge in [0.15, 0.2) is 6.23 Å². The van der Waals surface area contributed by atoms with Crippen LogP contribution in [0.1, 0.15) is 76.7 Å². The molecule has 348 valence electrons. The Kier molecular flexibility index (Phi) is 27.7. The molecule has 0 aromatic heterocycles. The lowest BCUT2D eigenvalue weighted by Gasteiger charge is -2.33. The number of Topliss-reactive ketones (excluding diaryl/α,β-unsaturated/α-hetero) is 1. The highest BCUT2D eigenvalue weighted by Crippen LogP contribution is 2.14. The number of unbranched alkanes of at least 4 members (excludes halogenated alkanes) is 3. The zero-order valence-electron chi connectivity index (χ0n) is 35.7. The summed E-state index contributed by atoms with van der Waals surface area (Å²) in [6.45, 7) is 7.95. The van der Waals surface area contributed by atoms with E-state index in [1.54, 1.807) is 24.0 Å². The molecule has 1 heterocycles. The normalized spacial score (nSPS) is 15.6. The van der Waals surface area contributed by atoms with Gasteiger partial charge in [-0.25, -0.2) is 14.0 Å². The third-order valence-electron chi connectivity index (χ3n) is 10.1. The Morgan fingerprint density at radius 3 is 1.74 bits per heavy atom. The third kappa shape index (κ3) is 23.7. The van der Waals surface area contributed by atoms with Crippen molar-refractivity contribution in [3.05, 3.63) is 35.6 Å². The predicted octanol–water partition coefficient (Wildman–Crippen LogP) is 1.51. The zero-order valence-corrected chi connectivity index (χ0v) is 35.7. The summed E-state index contributed by atoms with van der Waals surface area (Å²) in [4.78, 5) is 104. The molecule has 2 atom stereocenters. The van der Waals surface area contributed by atoms with Gasteiger partial charge in [0.2, 0.25) is 5.91 Å². The van der Waals surface area contributed by atoms with Crippen LogP contribution in [0.5, 0.6) is 0 Å². The molecular weight excluding hydrogens is 816 g/mol. The number of urea groups is 1. The first kappa shape index (κ1) is 52.9. The summed E-state index contributed by atoms with van der Waals surface area (Å²) in [5.74, 6) is -1.69. The number of nitrogens with one attached hydrogen (secondary N) is 2. The molecule has 1 aliphatic rings. The second-order valence-electron chi connectivity index (χ2n) is 14.9. The number of amides is 3. The number of benzene rings is 1. The van der Waals surface area contributed by atoms with Crippen molar-refractivity contribution >= 4 is 49.6 Å². The van der Waals surface area contributed by atoms with Crippen molar-refractivity contribution in [2.75, 3.05) is 85.6 Å². The van der Waals surface area contributed by atoms with Gasteiger partial charge in [-0.1, -0.05) is 31.9 Å². The molecular formula is C41H64FN7O13. The van der Waals surface area contributed by atoms with E-state index in [1.165, 1.54) is 12.1 Å². The molecule has 0 spiro atoms. The third-order valence-corrected chi connectivity index (χ3v) is 10.1. The number of ketones is 1. The molecule has 62 heavy (non-hydrogen) atoms. The van der Waals surface area contributed by atoms with E-state index in [2.05, 4.69) is 10.6 Å². The van der Waals surface area contributed by atoms with Crippen LogP contribution in [0.3, 0.4) is 0 Å². The number of hydrogen-bond acceptors (Lipinski definition) is 16. The highest BCUT2D eigenvalue weighted by molar-refractivity contribution is 5.82. The minimum Gasteiger partial charge on any atom is -0.480 e. The molecule has 3 amide bonds. The second kappa shape index (κ2) is 32.5. The zero-order chi connectivity index (χ0) is 45.4. The summed E-state index contributed by atoms with van der Waals surface area (Å²) < 4.78 is 33.6. The van der Waals surface area contributed by atoms with Crippen LogP contribution in [0.4, 0.5) is 9.18 Å². The Balaban J connectivity index is 1.93. The van der Waals surface area contributed by atoms with E-state index < -0.39 is 30.1 Å². The maximum absolute atomic E-state index is 13.6. The molecule has 1 aromatic rings. The first-order chi connectivity index (χ1) is 30.0. The topological polar surface area (TPSA) is 234 Å². The van der Waals surface area contributed by atoms with Gasteiger partial charge in [0, 0.05) is 84.7 Å². The molecule has 2 rings (SSSR count). The van der Waals surface area contributed by atoms with Crippen molar-refractivity contribution in [1.82, 2.24) is 35.1 Å². The summed E-state index contributed by atoms with van der Waals surface area (Å²) in [5, 5.41) is 14.2. The number of carboxylic acid groups (broad SMARTS) is 1. The standard InChI is InChI=1S/C41H64FN7O13/c1-2-8-37(40(56)57)43-41(58)44-38(62-33-53)10-6-7-16-49(25-34-12-14-35(42)15-13-34)39(55)11-5-3-4-9-36(54)26-45-17-19-46(27-59-30-50)21-23-48(29-61-32-52)24-22-47(20-18-45)28-60-31-51/h12-15,30-33,37-38H,2-11,16-29H2,1H3,(H,56,57)(H2,43,44,58)/i42-1. The smallest absolute Gasteiger partial charge is 0.326 e. The number of hydrogen-bond donors (Lipinski definition) is 3. The fraction of sp³-hybridized carbons (Fsp3) is 0.659. The van der Waals surface area contributed by atoms with Gasteiger partial charge in [-0.05, 0) is 49.8 Å². The van der Waals surface area contributed by atoms with E-state index in [-0.39, 0.29) is 70.7 Å². The van der Waals surface area contributed by atoms with Gasteiger partial charge in [-0.15, -0.1) is 0 Å². The Hall–Kier alpha value is -5.25. The Labute approximate surface area is 362 Å². The van der Waals surface area contributed by atoms with Crippen LogP contribution in [0, 0.1) is 5.82 Å². The number of rotatable bonds is 31. The van der Waals surface area contributed by atoms with Crippen molar-refractivity contribution in [3.63, 3.8) is 0 Å². The fourth-order valence-corrected chi connectivity index (χ4v) is 6.66. The van der Waals surface area contributed by atoms with E-state index in [1.807, 2.05) is 19.6 Å². The van der Waals surface area contributed by atoms with Gasteiger partial charge in [-0.3, -0.25) is 48.4 Å². The Bertz CT molecular complexity index is 1470. The Morgan fingerprint density at radius 1 is 0.710 bits per heavy atom. The number of carboxylic acids is 1. The summed E-state index contributed by atoms with van der Waals surface area (Å²) in [5.41, 5.74) is 0.734. The first-order valence-electron chi connectivity index (χ1n) is 21.0. The van der Waals surface area contributed by atoms with Gasteiger partial charge < -0.3 is 39.6 Å². The van der Waals surface area contributed by atoms with Crippen molar-refractivity contribution in [2.45, 2.75) is 89.9 Å². The largest absolute Gasteiger partial charge is 0.480 e. The van der Waals surface area contributed by atoms with Crippen molar-refractivity contribution in [2.24, 2.45) is 0 Å². The maximum Gasteiger partial charge on any atom is 0.326 e. The van der Waals surface area contributed by atoms with Crippen LogP contribution in [0.25, 0.3) is 0 Å². The van der Waals surface area contributed by atoms with Crippen molar-refractivity contribution < 1.29 is 66.8 Å². The summed E-state index contributed by atoms with van der Waals surface area (Å²) in [7, 11) is 0. The Morgan fingerprint density at radius 2 is 1.24 bits per heavy atom. The average Bonchev–Trinajstić information content (AvgIpc) is 3.25. The van der Waals surface area contributed by atoms with E-state index in [0.717, 1.165) is 5.56 Å². The molecule has 1 aromatic carbocycles. The molecule has 3 N–H and O–H groups in total. The number of ether oxygens (including phenoxy) is 4. The van der Waals surface area contributed by atoms with Gasteiger partial charge in [-0.2, -0.15) is 0 Å². The highest BCUT2D eigenvalue weighted by Gasteiger charge is 2.22. The van der Waals surface area contributed by atoms with Crippen LogP contribution < -0.4 is 10.6 Å². The minimum absolute atomic E-state index is 0.0245. The number of nitrogens with zero attached hydrogens (tertiary/aromatic N) is 5. The number of aliphatic carboxylic acids is 1. The van der Waals surface area contributed by atoms with Crippen LogP contribution in [-0.2, 0) is 59.1 Å². The number of carbonyl (C=O) groups is 8. The predicted molar refractivity (Wildman–Crippen MR) is 220 cm³/mol. The molecule has 0 bridgehead atoms. The molecule has 1 aliphatic heterocycles. The van der Waals surface area contributed by atoms with E-state index in [4.69, 9.17) is 18.9 Å². The molecule has 1 fully saturated rings. The fourth-order valence-electron chi connectivity index (χ4n) is 6.66. The number of carbonyl (C=O) groups excluding carboxylic acids is 7. The van der Waals surface area contributed by atoms with Crippen LogP contribution >= 0.6 is 0 Å². The van der Waals surface area contributed by atoms with E-state index >= 15 is 0 Å². The maximum atomic E-state index is 13.6. The molecule has 0 radical (unpaired) electrons. The van der Waals surface area contributed by atoms with Crippen molar-refractivity contribution in [3.8, 4) is 0 Å². The van der Waals surface area contributed by atoms with Crippen molar-refractivity contribution in [1.29, 1.82) is 0 Å². The lowest BCUT2D eigenvalue weighted by atomic mass is 10.1. The SMILES string of the molecule is CCCC(NC(=O)NC(CCCCN(Cc1ccc([18F])cc1)C(=O)CCCCCC(=O)CN1CCN(COC=O)CCN(COC=O)CCN(COC=O)CC1)OC=O)C(=O)O. The van der Waals surface area contributed by atoms with Gasteiger partial charge in [0.05, 0.1) is 6.54 Å². The first-order valence-corrected chi connectivity index (χ1v) is 21.0. The summed E-state index contributed by atoms with van der Waals surface area (Å²) >= 11 is 0. The van der Waals surface area contributed by atoms with Gasteiger partial charge in [0.25, 0.3) is 25.9 Å². The number of halogens is 1. The quantitative estimate of drug-likeness (QED) is 0.0415. The molecule has 2 unspecified atom stereocenters. The van der Waals surface area contributed by atoms with Crippen LogP contribution in [-0.4, -0.2) is 177 Å².